The van der Waals surface area contributed by atoms with Gasteiger partial charge in [0.25, 0.3) is 0 Å². The number of piperidine rings is 1. The van der Waals surface area contributed by atoms with E-state index >= 15 is 0 Å². The highest BCUT2D eigenvalue weighted by atomic mass is 32.2. The van der Waals surface area contributed by atoms with Crippen LogP contribution >= 0.6 is 11.8 Å². The van der Waals surface area contributed by atoms with Crippen LogP contribution in [0.15, 0.2) is 0 Å². The van der Waals surface area contributed by atoms with Gasteiger partial charge in [-0.1, -0.05) is 13.8 Å². The highest BCUT2D eigenvalue weighted by Crippen LogP contribution is 2.35. The Bertz CT molecular complexity index is 356. The molecule has 2 aliphatic rings. The Morgan fingerprint density at radius 2 is 2.16 bits per heavy atom. The maximum absolute atomic E-state index is 12.6. The van der Waals surface area contributed by atoms with Gasteiger partial charge in [-0.2, -0.15) is 0 Å². The zero-order valence-electron chi connectivity index (χ0n) is 11.5. The maximum Gasteiger partial charge on any atom is 0.327 e. The van der Waals surface area contributed by atoms with E-state index in [-0.39, 0.29) is 23.1 Å². The topological polar surface area (TPSA) is 69.6 Å². The molecule has 6 heteroatoms. The number of hydrogen-bond acceptors (Lipinski definition) is 4. The summed E-state index contributed by atoms with van der Waals surface area (Å²) in [7, 11) is 0. The van der Waals surface area contributed by atoms with Gasteiger partial charge < -0.3 is 15.3 Å². The number of carboxylic acids is 1. The zero-order valence-corrected chi connectivity index (χ0v) is 12.3. The highest BCUT2D eigenvalue weighted by molar-refractivity contribution is 8.00. The number of thioether (sulfide) groups is 1. The first-order chi connectivity index (χ1) is 9.02. The minimum atomic E-state index is -0.882. The van der Waals surface area contributed by atoms with Crippen LogP contribution in [-0.4, -0.2) is 52.1 Å². The third kappa shape index (κ3) is 3.05. The lowest BCUT2D eigenvalue weighted by molar-refractivity contribution is -0.151. The molecule has 2 fully saturated rings. The van der Waals surface area contributed by atoms with Gasteiger partial charge in [-0.3, -0.25) is 4.79 Å². The largest absolute Gasteiger partial charge is 0.480 e. The molecule has 0 aromatic heterocycles. The van der Waals surface area contributed by atoms with Gasteiger partial charge in [-0.05, 0) is 25.3 Å². The quantitative estimate of drug-likeness (QED) is 0.810. The van der Waals surface area contributed by atoms with E-state index in [4.69, 9.17) is 0 Å². The van der Waals surface area contributed by atoms with Gasteiger partial charge >= 0.3 is 5.97 Å². The van der Waals surface area contributed by atoms with Gasteiger partial charge in [-0.25, -0.2) is 4.79 Å². The molecule has 0 saturated carbocycles. The van der Waals surface area contributed by atoms with Gasteiger partial charge in [0.1, 0.15) is 6.04 Å². The number of carboxylic acid groups (broad SMARTS) is 1. The van der Waals surface area contributed by atoms with Crippen LogP contribution < -0.4 is 5.32 Å². The average molecular weight is 286 g/mol. The molecule has 2 aliphatic heterocycles. The summed E-state index contributed by atoms with van der Waals surface area (Å²) < 4.78 is 0. The monoisotopic (exact) mass is 286 g/mol. The van der Waals surface area contributed by atoms with Crippen molar-refractivity contribution in [1.82, 2.24) is 10.2 Å². The van der Waals surface area contributed by atoms with Crippen LogP contribution in [0.4, 0.5) is 0 Å². The third-order valence-corrected chi connectivity index (χ3v) is 5.41. The summed E-state index contributed by atoms with van der Waals surface area (Å²) in [5.41, 5.74) is 0. The van der Waals surface area contributed by atoms with Gasteiger partial charge in [0.2, 0.25) is 5.91 Å². The molecule has 0 aromatic carbocycles. The van der Waals surface area contributed by atoms with Crippen molar-refractivity contribution in [3.63, 3.8) is 0 Å². The van der Waals surface area contributed by atoms with E-state index < -0.39 is 12.0 Å². The molecule has 0 aromatic rings. The first-order valence-electron chi connectivity index (χ1n) is 6.89. The van der Waals surface area contributed by atoms with E-state index in [1.807, 2.05) is 13.8 Å². The summed E-state index contributed by atoms with van der Waals surface area (Å²) in [6.45, 7) is 5.72. The molecule has 2 heterocycles. The average Bonchev–Trinajstić information content (AvgIpc) is 2.83. The Morgan fingerprint density at radius 3 is 2.68 bits per heavy atom. The Hall–Kier alpha value is -0.750. The van der Waals surface area contributed by atoms with Crippen LogP contribution in [-0.2, 0) is 9.59 Å². The minimum absolute atomic E-state index is 0.00414. The SMILES string of the molecule is CC(C)C1SCC(C(=O)O)N1C(=O)C1CCCNC1. The van der Waals surface area contributed by atoms with E-state index in [1.54, 1.807) is 16.7 Å². The number of nitrogens with one attached hydrogen (secondary N) is 1. The summed E-state index contributed by atoms with van der Waals surface area (Å²) in [5.74, 6) is -0.147. The predicted octanol–water partition coefficient (Wildman–Crippen LogP) is 0.997. The maximum atomic E-state index is 12.6. The van der Waals surface area contributed by atoms with Gasteiger partial charge in [0.15, 0.2) is 0 Å². The summed E-state index contributed by atoms with van der Waals surface area (Å²) in [6, 6.07) is -0.660. The summed E-state index contributed by atoms with van der Waals surface area (Å²) in [5, 5.41) is 12.5. The van der Waals surface area contributed by atoms with Crippen LogP contribution in [0, 0.1) is 11.8 Å². The van der Waals surface area contributed by atoms with Crippen LogP contribution in [0.5, 0.6) is 0 Å². The molecule has 0 spiro atoms. The molecule has 108 valence electrons. The molecule has 0 radical (unpaired) electrons. The van der Waals surface area contributed by atoms with Gasteiger partial charge in [0.05, 0.1) is 11.3 Å². The lowest BCUT2D eigenvalue weighted by Crippen LogP contribution is -2.51. The number of nitrogens with zero attached hydrogens (tertiary/aromatic N) is 1. The molecule has 3 unspecified atom stereocenters. The van der Waals surface area contributed by atoms with Gasteiger partial charge in [-0.15, -0.1) is 11.8 Å². The Labute approximate surface area is 118 Å². The number of hydrogen-bond donors (Lipinski definition) is 2. The fraction of sp³-hybridized carbons (Fsp3) is 0.846. The first-order valence-corrected chi connectivity index (χ1v) is 7.94. The van der Waals surface area contributed by atoms with E-state index in [0.717, 1.165) is 19.4 Å². The Kier molecular flexibility index (Phi) is 4.73. The highest BCUT2D eigenvalue weighted by Gasteiger charge is 2.44. The molecule has 2 saturated heterocycles. The molecule has 3 atom stereocenters. The van der Waals surface area contributed by atoms with E-state index in [9.17, 15) is 14.7 Å². The number of rotatable bonds is 3. The van der Waals surface area contributed by atoms with Crippen molar-refractivity contribution in [3.8, 4) is 0 Å². The van der Waals surface area contributed by atoms with Crippen molar-refractivity contribution in [1.29, 1.82) is 0 Å². The number of carbonyl (C=O) groups is 2. The van der Waals surface area contributed by atoms with Crippen molar-refractivity contribution in [3.05, 3.63) is 0 Å². The second kappa shape index (κ2) is 6.13. The fourth-order valence-corrected chi connectivity index (χ4v) is 4.26. The van der Waals surface area contributed by atoms with Crippen molar-refractivity contribution in [2.24, 2.45) is 11.8 Å². The molecule has 1 amide bonds. The molecule has 2 rings (SSSR count). The van der Waals surface area contributed by atoms with Crippen LogP contribution in [0.2, 0.25) is 0 Å². The summed E-state index contributed by atoms with van der Waals surface area (Å²) in [6.07, 6.45) is 1.85. The van der Waals surface area contributed by atoms with Crippen LogP contribution in [0.3, 0.4) is 0 Å². The lowest BCUT2D eigenvalue weighted by atomic mass is 9.97. The van der Waals surface area contributed by atoms with Crippen LogP contribution in [0.25, 0.3) is 0 Å². The normalized spacial score (nSPS) is 31.7. The molecule has 0 aliphatic carbocycles. The first kappa shape index (κ1) is 14.7. The predicted molar refractivity (Wildman–Crippen MR) is 74.9 cm³/mol. The molecular weight excluding hydrogens is 264 g/mol. The Morgan fingerprint density at radius 1 is 1.42 bits per heavy atom. The standard InChI is InChI=1S/C13H22N2O3S/c1-8(2)12-15(10(7-19-12)13(17)18)11(16)9-4-3-5-14-6-9/h8-10,12,14H,3-7H2,1-2H3,(H,17,18). The van der Waals surface area contributed by atoms with Gasteiger partial charge in [0, 0.05) is 12.3 Å². The number of amides is 1. The third-order valence-electron chi connectivity index (χ3n) is 3.79. The van der Waals surface area contributed by atoms with E-state index in [0.29, 0.717) is 12.3 Å². The molecule has 0 bridgehead atoms. The fourth-order valence-electron chi connectivity index (χ4n) is 2.78. The van der Waals surface area contributed by atoms with E-state index in [1.165, 1.54) is 0 Å². The van der Waals surface area contributed by atoms with Crippen molar-refractivity contribution in [2.45, 2.75) is 38.1 Å². The zero-order chi connectivity index (χ0) is 14.0. The molecule has 5 nitrogen and oxygen atoms in total. The van der Waals surface area contributed by atoms with E-state index in [2.05, 4.69) is 5.32 Å². The van der Waals surface area contributed by atoms with Crippen molar-refractivity contribution >= 4 is 23.6 Å². The van der Waals surface area contributed by atoms with Crippen LogP contribution in [0.1, 0.15) is 26.7 Å². The second-order valence-electron chi connectivity index (χ2n) is 5.61. The Balaban J connectivity index is 2.15. The molecular formula is C13H22N2O3S. The summed E-state index contributed by atoms with van der Waals surface area (Å²) in [4.78, 5) is 25.6. The molecule has 19 heavy (non-hydrogen) atoms. The minimum Gasteiger partial charge on any atom is -0.480 e. The van der Waals surface area contributed by atoms with Crippen molar-refractivity contribution in [2.75, 3.05) is 18.8 Å². The van der Waals surface area contributed by atoms with Crippen molar-refractivity contribution < 1.29 is 14.7 Å². The number of carbonyl (C=O) groups excluding carboxylic acids is 1. The summed E-state index contributed by atoms with van der Waals surface area (Å²) >= 11 is 1.59. The smallest absolute Gasteiger partial charge is 0.327 e. The second-order valence-corrected chi connectivity index (χ2v) is 6.76. The molecule has 2 N–H and O–H groups in total. The number of aliphatic carboxylic acids is 1. The lowest BCUT2D eigenvalue weighted by Gasteiger charge is -2.34.